The number of rotatable bonds is 4. The Hall–Kier alpha value is -2.37. The smallest absolute Gasteiger partial charge is 0.241 e. The van der Waals surface area contributed by atoms with Gasteiger partial charge >= 0.3 is 0 Å². The fraction of sp³-hybridized carbons (Fsp3) is 0.364. The van der Waals surface area contributed by atoms with Crippen LogP contribution in [0.5, 0.6) is 0 Å². The second-order valence-corrected chi connectivity index (χ2v) is 7.68. The molecule has 1 aliphatic carbocycles. The third-order valence-electron chi connectivity index (χ3n) is 5.75. The minimum absolute atomic E-state index is 0. The van der Waals surface area contributed by atoms with Crippen molar-refractivity contribution in [1.82, 2.24) is 9.38 Å². The predicted molar refractivity (Wildman–Crippen MR) is 116 cm³/mol. The number of carbonyl (C=O) groups is 1. The summed E-state index contributed by atoms with van der Waals surface area (Å²) < 4.78 is 2.05. The number of fused-ring (bicyclic) bond motifs is 1. The van der Waals surface area contributed by atoms with Crippen LogP contribution in [0, 0.1) is 11.8 Å². The lowest BCUT2D eigenvalue weighted by Crippen LogP contribution is -2.43. The number of nitrogens with one attached hydrogen (secondary N) is 1. The van der Waals surface area contributed by atoms with Gasteiger partial charge in [-0.15, -0.1) is 12.4 Å². The first-order valence-corrected chi connectivity index (χ1v) is 9.71. The molecule has 148 valence electrons. The number of nitrogens with two attached hydrogens (primary N) is 1. The summed E-state index contributed by atoms with van der Waals surface area (Å²) in [5.41, 5.74) is 10.1. The molecule has 3 N–H and O–H groups in total. The van der Waals surface area contributed by atoms with Gasteiger partial charge in [-0.2, -0.15) is 0 Å². The summed E-state index contributed by atoms with van der Waals surface area (Å²) in [6.07, 6.45) is 8.17. The largest absolute Gasteiger partial charge is 0.325 e. The molecule has 2 aromatic heterocycles. The molecule has 1 aromatic carbocycles. The van der Waals surface area contributed by atoms with Crippen LogP contribution in [-0.4, -0.2) is 21.3 Å². The molecule has 1 atom stereocenters. The van der Waals surface area contributed by atoms with Crippen LogP contribution in [0.3, 0.4) is 0 Å². The van der Waals surface area contributed by atoms with Crippen molar-refractivity contribution in [2.45, 2.75) is 38.6 Å². The second kappa shape index (κ2) is 8.76. The van der Waals surface area contributed by atoms with E-state index in [2.05, 4.69) is 23.3 Å². The van der Waals surface area contributed by atoms with E-state index in [1.807, 2.05) is 47.0 Å². The first kappa shape index (κ1) is 20.4. The zero-order valence-corrected chi connectivity index (χ0v) is 16.9. The van der Waals surface area contributed by atoms with Crippen LogP contribution in [-0.2, 0) is 4.79 Å². The average molecular weight is 399 g/mol. The Kier molecular flexibility index (Phi) is 6.37. The SMILES string of the molecule is CC1CCC([C@H](N)C(=O)Nc2ccc(-c3cccc4nccn34)cc2)CC1.Cl. The molecule has 5 nitrogen and oxygen atoms in total. The lowest BCUT2D eigenvalue weighted by atomic mass is 9.79. The lowest BCUT2D eigenvalue weighted by Gasteiger charge is -2.29. The van der Waals surface area contributed by atoms with E-state index < -0.39 is 6.04 Å². The van der Waals surface area contributed by atoms with Gasteiger partial charge < -0.3 is 11.1 Å². The van der Waals surface area contributed by atoms with Crippen LogP contribution >= 0.6 is 12.4 Å². The molecule has 0 saturated heterocycles. The molecular formula is C22H27ClN4O. The maximum Gasteiger partial charge on any atom is 0.241 e. The maximum absolute atomic E-state index is 12.5. The number of pyridine rings is 1. The van der Waals surface area contributed by atoms with Crippen LogP contribution in [0.15, 0.2) is 54.9 Å². The van der Waals surface area contributed by atoms with E-state index in [-0.39, 0.29) is 18.3 Å². The topological polar surface area (TPSA) is 72.4 Å². The molecule has 1 fully saturated rings. The van der Waals surface area contributed by atoms with Crippen LogP contribution in [0.2, 0.25) is 0 Å². The Labute approximate surface area is 171 Å². The van der Waals surface area contributed by atoms with E-state index in [1.165, 1.54) is 12.8 Å². The Morgan fingerprint density at radius 3 is 2.57 bits per heavy atom. The molecule has 0 aliphatic heterocycles. The van der Waals surface area contributed by atoms with Crippen molar-refractivity contribution in [2.24, 2.45) is 17.6 Å². The van der Waals surface area contributed by atoms with Gasteiger partial charge in [-0.1, -0.05) is 38.0 Å². The van der Waals surface area contributed by atoms with Crippen molar-refractivity contribution in [2.75, 3.05) is 5.32 Å². The number of hydrogen-bond donors (Lipinski definition) is 2. The Morgan fingerprint density at radius 1 is 1.14 bits per heavy atom. The molecule has 1 saturated carbocycles. The molecule has 3 aromatic rings. The highest BCUT2D eigenvalue weighted by Crippen LogP contribution is 2.30. The third kappa shape index (κ3) is 4.21. The Balaban J connectivity index is 0.00000225. The quantitative estimate of drug-likeness (QED) is 0.678. The maximum atomic E-state index is 12.5. The van der Waals surface area contributed by atoms with E-state index in [9.17, 15) is 4.79 Å². The van der Waals surface area contributed by atoms with Gasteiger partial charge in [-0.25, -0.2) is 4.98 Å². The number of benzene rings is 1. The zero-order valence-electron chi connectivity index (χ0n) is 16.0. The molecule has 0 radical (unpaired) electrons. The fourth-order valence-corrected chi connectivity index (χ4v) is 3.99. The number of aromatic nitrogens is 2. The molecule has 4 rings (SSSR count). The van der Waals surface area contributed by atoms with Crippen LogP contribution in [0.4, 0.5) is 5.69 Å². The molecule has 1 amide bonds. The Bertz CT molecular complexity index is 929. The molecule has 28 heavy (non-hydrogen) atoms. The van der Waals surface area contributed by atoms with Gasteiger partial charge in [-0.05, 0) is 54.5 Å². The van der Waals surface area contributed by atoms with E-state index in [4.69, 9.17) is 5.73 Å². The molecule has 0 unspecified atom stereocenters. The summed E-state index contributed by atoms with van der Waals surface area (Å²) in [7, 11) is 0. The van der Waals surface area contributed by atoms with Crippen molar-refractivity contribution in [3.8, 4) is 11.3 Å². The highest BCUT2D eigenvalue weighted by atomic mass is 35.5. The second-order valence-electron chi connectivity index (χ2n) is 7.68. The number of halogens is 1. The molecule has 1 aliphatic rings. The Morgan fingerprint density at radius 2 is 1.86 bits per heavy atom. The summed E-state index contributed by atoms with van der Waals surface area (Å²) in [5, 5.41) is 2.98. The van der Waals surface area contributed by atoms with Gasteiger partial charge in [0, 0.05) is 18.1 Å². The summed E-state index contributed by atoms with van der Waals surface area (Å²) >= 11 is 0. The summed E-state index contributed by atoms with van der Waals surface area (Å²) in [6.45, 7) is 2.27. The van der Waals surface area contributed by atoms with E-state index >= 15 is 0 Å². The summed E-state index contributed by atoms with van der Waals surface area (Å²) in [5.74, 6) is 0.960. The highest BCUT2D eigenvalue weighted by Gasteiger charge is 2.28. The first-order chi connectivity index (χ1) is 13.1. The first-order valence-electron chi connectivity index (χ1n) is 9.71. The van der Waals surface area contributed by atoms with Crippen LogP contribution in [0.25, 0.3) is 16.9 Å². The molecule has 0 spiro atoms. The summed E-state index contributed by atoms with van der Waals surface area (Å²) in [4.78, 5) is 16.9. The minimum atomic E-state index is -0.433. The van der Waals surface area contributed by atoms with Gasteiger partial charge in [0.2, 0.25) is 5.91 Å². The van der Waals surface area contributed by atoms with Crippen molar-refractivity contribution in [1.29, 1.82) is 0 Å². The van der Waals surface area contributed by atoms with Crippen LogP contribution < -0.4 is 11.1 Å². The number of nitrogens with zero attached hydrogens (tertiary/aromatic N) is 2. The number of amides is 1. The van der Waals surface area contributed by atoms with Gasteiger partial charge in [0.15, 0.2) is 0 Å². The van der Waals surface area contributed by atoms with Gasteiger partial charge in [0.25, 0.3) is 0 Å². The lowest BCUT2D eigenvalue weighted by molar-refractivity contribution is -0.118. The van der Waals surface area contributed by atoms with E-state index in [0.29, 0.717) is 5.92 Å². The standard InChI is InChI=1S/C22H26N4O.ClH/c1-15-5-7-17(8-6-15)21(23)22(27)25-18-11-9-16(10-12-18)19-3-2-4-20-24-13-14-26(19)20;/h2-4,9-15,17,21H,5-8,23H2,1H3,(H,25,27);1H/t15?,17?,21-;/m0./s1. The zero-order chi connectivity index (χ0) is 18.8. The molecule has 6 heteroatoms. The van der Waals surface area contributed by atoms with Crippen molar-refractivity contribution < 1.29 is 4.79 Å². The van der Waals surface area contributed by atoms with Gasteiger partial charge in [0.05, 0.1) is 11.7 Å². The van der Waals surface area contributed by atoms with Crippen LogP contribution in [0.1, 0.15) is 32.6 Å². The molecular weight excluding hydrogens is 372 g/mol. The normalized spacial score (nSPS) is 20.4. The van der Waals surface area contributed by atoms with Crippen molar-refractivity contribution in [3.63, 3.8) is 0 Å². The molecule has 2 heterocycles. The van der Waals surface area contributed by atoms with Gasteiger partial charge in [0.1, 0.15) is 5.65 Å². The molecule has 0 bridgehead atoms. The average Bonchev–Trinajstić information content (AvgIpc) is 3.17. The monoisotopic (exact) mass is 398 g/mol. The van der Waals surface area contributed by atoms with Crippen molar-refractivity contribution >= 4 is 29.6 Å². The number of imidazole rings is 1. The van der Waals surface area contributed by atoms with Gasteiger partial charge in [-0.3, -0.25) is 9.20 Å². The third-order valence-corrected chi connectivity index (χ3v) is 5.75. The van der Waals surface area contributed by atoms with Crippen molar-refractivity contribution in [3.05, 3.63) is 54.9 Å². The summed E-state index contributed by atoms with van der Waals surface area (Å²) in [6, 6.07) is 13.5. The predicted octanol–water partition coefficient (Wildman–Crippen LogP) is 4.52. The highest BCUT2D eigenvalue weighted by molar-refractivity contribution is 5.95. The van der Waals surface area contributed by atoms with E-state index in [0.717, 1.165) is 41.4 Å². The fourth-order valence-electron chi connectivity index (χ4n) is 3.99. The number of hydrogen-bond acceptors (Lipinski definition) is 3. The number of carbonyl (C=O) groups excluding carboxylic acids is 1. The minimum Gasteiger partial charge on any atom is -0.325 e. The van der Waals surface area contributed by atoms with E-state index in [1.54, 1.807) is 6.20 Å². The number of anilines is 1.